The van der Waals surface area contributed by atoms with Crippen molar-refractivity contribution in [2.75, 3.05) is 19.0 Å². The Bertz CT molecular complexity index is 572. The Balaban J connectivity index is 4.35. The van der Waals surface area contributed by atoms with Crippen LogP contribution in [0, 0.1) is 0 Å². The monoisotopic (exact) mass is 389 g/mol. The molecule has 0 aliphatic heterocycles. The number of sulfonamides is 1. The van der Waals surface area contributed by atoms with Crippen molar-refractivity contribution in [3.05, 3.63) is 0 Å². The second kappa shape index (κ2) is 8.33. The van der Waals surface area contributed by atoms with Crippen molar-refractivity contribution < 1.29 is 43.7 Å². The number of carbonyl (C=O) groups excluding carboxylic acids is 1. The first-order valence-corrected chi connectivity index (χ1v) is 9.54. The second-order valence-corrected chi connectivity index (χ2v) is 8.47. The molecule has 0 aromatic carbocycles. The average molecular weight is 389 g/mol. The summed E-state index contributed by atoms with van der Waals surface area (Å²) in [5, 5.41) is -0.509. The lowest BCUT2D eigenvalue weighted by Gasteiger charge is -2.11. The number of carbonyl (C=O) groups is 1. The molecule has 0 aromatic rings. The first kappa shape index (κ1) is 21.4. The minimum atomic E-state index is -6.10. The molecule has 14 heteroatoms. The fourth-order valence-corrected chi connectivity index (χ4v) is 3.56. The number of hydrogen-bond donors (Lipinski definition) is 1. The van der Waals surface area contributed by atoms with Crippen LogP contribution in [0.2, 0.25) is 0 Å². The molecule has 0 saturated heterocycles. The van der Waals surface area contributed by atoms with E-state index in [1.165, 1.54) is 11.8 Å². The summed E-state index contributed by atoms with van der Waals surface area (Å²) in [4.78, 5) is 11.3. The quantitative estimate of drug-likeness (QED) is 0.444. The molecular weight excluding hydrogens is 375 g/mol. The molecule has 0 fully saturated rings. The molecule has 0 aromatic heterocycles. The highest BCUT2D eigenvalue weighted by atomic mass is 32.3. The van der Waals surface area contributed by atoms with Crippen molar-refractivity contribution in [1.29, 1.82) is 0 Å². The van der Waals surface area contributed by atoms with Gasteiger partial charge in [0, 0.05) is 0 Å². The first-order valence-electron chi connectivity index (χ1n) is 5.60. The van der Waals surface area contributed by atoms with Crippen molar-refractivity contribution in [2.24, 2.45) is 0 Å². The van der Waals surface area contributed by atoms with Gasteiger partial charge in [-0.25, -0.2) is 8.42 Å². The summed E-state index contributed by atoms with van der Waals surface area (Å²) >= 11 is 1.26. The van der Waals surface area contributed by atoms with E-state index >= 15 is 0 Å². The SMILES string of the molecule is CCSC(C)C(=O)OCCOS(=O)(=O)NS(=O)(=O)C(F)(F)F. The Morgan fingerprint density at radius 2 is 1.77 bits per heavy atom. The van der Waals surface area contributed by atoms with Crippen molar-refractivity contribution in [1.82, 2.24) is 4.13 Å². The predicted molar refractivity (Wildman–Crippen MR) is 71.5 cm³/mol. The van der Waals surface area contributed by atoms with Crippen LogP contribution in [0.3, 0.4) is 0 Å². The molecule has 1 unspecified atom stereocenters. The molecule has 132 valence electrons. The molecule has 0 rings (SSSR count). The average Bonchev–Trinajstić information content (AvgIpc) is 2.31. The molecule has 0 bridgehead atoms. The van der Waals surface area contributed by atoms with E-state index in [4.69, 9.17) is 0 Å². The van der Waals surface area contributed by atoms with Crippen LogP contribution in [-0.4, -0.2) is 52.5 Å². The zero-order valence-electron chi connectivity index (χ0n) is 11.4. The third-order valence-electron chi connectivity index (χ3n) is 1.83. The zero-order valence-corrected chi connectivity index (χ0v) is 13.9. The molecule has 0 spiro atoms. The minimum Gasteiger partial charge on any atom is -0.462 e. The molecule has 0 radical (unpaired) electrons. The zero-order chi connectivity index (χ0) is 17.6. The van der Waals surface area contributed by atoms with Gasteiger partial charge in [0.05, 0.1) is 5.25 Å². The van der Waals surface area contributed by atoms with Gasteiger partial charge in [-0.2, -0.15) is 21.6 Å². The number of hydrogen-bond acceptors (Lipinski definition) is 8. The first-order chi connectivity index (χ1) is 9.82. The standard InChI is InChI=1S/C8H14F3NO7S3/c1-3-20-6(2)7(13)18-4-5-19-22(16,17)12-21(14,15)8(9,10)11/h6,12H,3-5H2,1-2H3. The number of alkyl halides is 3. The molecule has 8 nitrogen and oxygen atoms in total. The molecule has 1 atom stereocenters. The van der Waals surface area contributed by atoms with E-state index in [2.05, 4.69) is 8.92 Å². The van der Waals surface area contributed by atoms with Crippen LogP contribution in [0.25, 0.3) is 0 Å². The molecule has 0 aliphatic rings. The lowest BCUT2D eigenvalue weighted by molar-refractivity contribution is -0.143. The topological polar surface area (TPSA) is 116 Å². The van der Waals surface area contributed by atoms with Crippen molar-refractivity contribution in [2.45, 2.75) is 24.6 Å². The summed E-state index contributed by atoms with van der Waals surface area (Å²) in [6, 6.07) is 0. The molecule has 0 heterocycles. The van der Waals surface area contributed by atoms with E-state index in [0.717, 1.165) is 0 Å². The van der Waals surface area contributed by atoms with Gasteiger partial charge < -0.3 is 4.74 Å². The Hall–Kier alpha value is -0.570. The normalized spacial score (nSPS) is 14.6. The Morgan fingerprint density at radius 3 is 2.23 bits per heavy atom. The lowest BCUT2D eigenvalue weighted by Crippen LogP contribution is -2.41. The number of halogens is 3. The lowest BCUT2D eigenvalue weighted by atomic mass is 10.5. The summed E-state index contributed by atoms with van der Waals surface area (Å²) in [6.07, 6.45) is 0. The van der Waals surface area contributed by atoms with Crippen LogP contribution in [0.1, 0.15) is 13.8 Å². The highest BCUT2D eigenvalue weighted by Crippen LogP contribution is 2.22. The van der Waals surface area contributed by atoms with Crippen LogP contribution in [0.15, 0.2) is 0 Å². The Kier molecular flexibility index (Phi) is 8.11. The van der Waals surface area contributed by atoms with Crippen LogP contribution < -0.4 is 4.13 Å². The predicted octanol–water partition coefficient (Wildman–Crippen LogP) is 0.372. The highest BCUT2D eigenvalue weighted by molar-refractivity contribution is 8.03. The number of esters is 1. The molecule has 0 amide bonds. The maximum Gasteiger partial charge on any atom is 0.512 e. The van der Waals surface area contributed by atoms with E-state index in [0.29, 0.717) is 9.88 Å². The molecule has 1 N–H and O–H groups in total. The summed E-state index contributed by atoms with van der Waals surface area (Å²) in [6.45, 7) is 1.95. The molecular formula is C8H14F3NO7S3. The smallest absolute Gasteiger partial charge is 0.462 e. The van der Waals surface area contributed by atoms with Crippen molar-refractivity contribution in [3.8, 4) is 0 Å². The molecule has 0 saturated carbocycles. The Morgan fingerprint density at radius 1 is 1.23 bits per heavy atom. The maximum absolute atomic E-state index is 12.0. The largest absolute Gasteiger partial charge is 0.512 e. The van der Waals surface area contributed by atoms with Gasteiger partial charge >= 0.3 is 31.8 Å². The van der Waals surface area contributed by atoms with Crippen LogP contribution in [0.4, 0.5) is 13.2 Å². The van der Waals surface area contributed by atoms with Crippen molar-refractivity contribution in [3.63, 3.8) is 0 Å². The summed E-state index contributed by atoms with van der Waals surface area (Å²) in [7, 11) is -11.3. The van der Waals surface area contributed by atoms with E-state index in [1.807, 2.05) is 0 Å². The van der Waals surface area contributed by atoms with Gasteiger partial charge in [0.15, 0.2) is 0 Å². The van der Waals surface area contributed by atoms with Crippen LogP contribution >= 0.6 is 11.8 Å². The van der Waals surface area contributed by atoms with Gasteiger partial charge in [0.2, 0.25) is 0 Å². The fourth-order valence-electron chi connectivity index (χ4n) is 0.927. The molecule has 22 heavy (non-hydrogen) atoms. The number of nitrogens with one attached hydrogen (secondary N) is 1. The summed E-state index contributed by atoms with van der Waals surface area (Å²) in [5.74, 6) is -0.0240. The van der Waals surface area contributed by atoms with Gasteiger partial charge in [-0.05, 0) is 12.7 Å². The summed E-state index contributed by atoms with van der Waals surface area (Å²) in [5.41, 5.74) is -5.80. The van der Waals surface area contributed by atoms with Gasteiger partial charge in [-0.3, -0.25) is 8.98 Å². The third-order valence-corrected chi connectivity index (χ3v) is 5.64. The van der Waals surface area contributed by atoms with E-state index in [1.54, 1.807) is 13.8 Å². The van der Waals surface area contributed by atoms with Crippen LogP contribution in [-0.2, 0) is 34.0 Å². The summed E-state index contributed by atoms with van der Waals surface area (Å²) < 4.78 is 88.0. The number of thioether (sulfide) groups is 1. The van der Waals surface area contributed by atoms with E-state index < -0.39 is 50.3 Å². The van der Waals surface area contributed by atoms with Gasteiger partial charge in [0.25, 0.3) is 0 Å². The number of rotatable bonds is 9. The van der Waals surface area contributed by atoms with E-state index in [-0.39, 0.29) is 0 Å². The molecule has 0 aliphatic carbocycles. The second-order valence-electron chi connectivity index (χ2n) is 3.57. The van der Waals surface area contributed by atoms with Crippen LogP contribution in [0.5, 0.6) is 0 Å². The van der Waals surface area contributed by atoms with Gasteiger partial charge in [-0.1, -0.05) is 11.1 Å². The minimum absolute atomic E-state index is 0.356. The van der Waals surface area contributed by atoms with Gasteiger partial charge in [0.1, 0.15) is 13.2 Å². The maximum atomic E-state index is 12.0. The highest BCUT2D eigenvalue weighted by Gasteiger charge is 2.48. The fraction of sp³-hybridized carbons (Fsp3) is 0.875. The third kappa shape index (κ3) is 7.62. The van der Waals surface area contributed by atoms with Crippen molar-refractivity contribution >= 4 is 38.1 Å². The van der Waals surface area contributed by atoms with Gasteiger partial charge in [-0.15, -0.1) is 11.8 Å². The number of ether oxygens (including phenoxy) is 1. The Labute approximate surface area is 130 Å². The van der Waals surface area contributed by atoms with E-state index in [9.17, 15) is 34.8 Å².